The molecule has 1 fully saturated rings. The summed E-state index contributed by atoms with van der Waals surface area (Å²) in [7, 11) is 0. The molecular formula is C15H30N2O2. The Morgan fingerprint density at radius 1 is 1.32 bits per heavy atom. The van der Waals surface area contributed by atoms with Gasteiger partial charge in [-0.05, 0) is 49.5 Å². The van der Waals surface area contributed by atoms with Crippen molar-refractivity contribution in [3.05, 3.63) is 0 Å². The average molecular weight is 270 g/mol. The molecule has 0 aromatic carbocycles. The number of rotatable bonds is 8. The topological polar surface area (TPSA) is 75.4 Å². The van der Waals surface area contributed by atoms with Crippen molar-refractivity contribution >= 4 is 5.91 Å². The van der Waals surface area contributed by atoms with E-state index in [0.29, 0.717) is 24.8 Å². The minimum atomic E-state index is 0.133. The zero-order valence-electron chi connectivity index (χ0n) is 12.5. The third-order valence-corrected chi connectivity index (χ3v) is 4.46. The molecular weight excluding hydrogens is 240 g/mol. The van der Waals surface area contributed by atoms with E-state index in [2.05, 4.69) is 19.2 Å². The SMILES string of the molecule is CC(C)(CCN)CCC(=O)NCC1CCCC1CO. The third kappa shape index (κ3) is 5.91. The van der Waals surface area contributed by atoms with E-state index in [1.54, 1.807) is 0 Å². The summed E-state index contributed by atoms with van der Waals surface area (Å²) in [5.41, 5.74) is 5.71. The predicted molar refractivity (Wildman–Crippen MR) is 77.6 cm³/mol. The summed E-state index contributed by atoms with van der Waals surface area (Å²) >= 11 is 0. The van der Waals surface area contributed by atoms with Crippen molar-refractivity contribution in [2.24, 2.45) is 23.0 Å². The number of amides is 1. The Bertz CT molecular complexity index is 279. The highest BCUT2D eigenvalue weighted by Gasteiger charge is 2.27. The highest BCUT2D eigenvalue weighted by Crippen LogP contribution is 2.30. The zero-order valence-corrected chi connectivity index (χ0v) is 12.5. The average Bonchev–Trinajstić information content (AvgIpc) is 2.81. The van der Waals surface area contributed by atoms with Crippen LogP contribution in [0.4, 0.5) is 0 Å². The number of nitrogens with two attached hydrogens (primary N) is 1. The molecule has 0 spiro atoms. The maximum Gasteiger partial charge on any atom is 0.220 e. The molecule has 2 atom stereocenters. The van der Waals surface area contributed by atoms with Gasteiger partial charge in [0.2, 0.25) is 5.91 Å². The number of hydrogen-bond acceptors (Lipinski definition) is 3. The summed E-state index contributed by atoms with van der Waals surface area (Å²) in [6, 6.07) is 0. The molecule has 1 aliphatic rings. The molecule has 0 radical (unpaired) electrons. The van der Waals surface area contributed by atoms with Gasteiger partial charge >= 0.3 is 0 Å². The lowest BCUT2D eigenvalue weighted by Crippen LogP contribution is -2.32. The molecule has 4 nitrogen and oxygen atoms in total. The maximum atomic E-state index is 11.8. The van der Waals surface area contributed by atoms with Crippen LogP contribution < -0.4 is 11.1 Å². The van der Waals surface area contributed by atoms with Crippen molar-refractivity contribution in [3.8, 4) is 0 Å². The molecule has 1 amide bonds. The molecule has 0 heterocycles. The van der Waals surface area contributed by atoms with Gasteiger partial charge in [-0.15, -0.1) is 0 Å². The normalized spacial score (nSPS) is 23.6. The van der Waals surface area contributed by atoms with Crippen LogP contribution in [0.1, 0.15) is 52.4 Å². The standard InChI is InChI=1S/C15H30N2O2/c1-15(2,8-9-16)7-6-14(19)17-10-12-4-3-5-13(12)11-18/h12-13,18H,3-11,16H2,1-2H3,(H,17,19). The summed E-state index contributed by atoms with van der Waals surface area (Å²) < 4.78 is 0. The van der Waals surface area contributed by atoms with E-state index in [9.17, 15) is 9.90 Å². The Balaban J connectivity index is 2.21. The third-order valence-electron chi connectivity index (χ3n) is 4.46. The van der Waals surface area contributed by atoms with Gasteiger partial charge in [0, 0.05) is 19.6 Å². The molecule has 4 heteroatoms. The van der Waals surface area contributed by atoms with Gasteiger partial charge < -0.3 is 16.2 Å². The van der Waals surface area contributed by atoms with Crippen LogP contribution in [0.15, 0.2) is 0 Å². The van der Waals surface area contributed by atoms with E-state index in [0.717, 1.165) is 32.2 Å². The lowest BCUT2D eigenvalue weighted by Gasteiger charge is -2.24. The largest absolute Gasteiger partial charge is 0.396 e. The molecule has 4 N–H and O–H groups in total. The van der Waals surface area contributed by atoms with Crippen LogP contribution in [-0.4, -0.2) is 30.7 Å². The first-order valence-corrected chi connectivity index (χ1v) is 7.56. The number of aliphatic hydroxyl groups is 1. The molecule has 0 bridgehead atoms. The molecule has 2 unspecified atom stereocenters. The van der Waals surface area contributed by atoms with Gasteiger partial charge in [-0.2, -0.15) is 0 Å². The fraction of sp³-hybridized carbons (Fsp3) is 0.933. The fourth-order valence-corrected chi connectivity index (χ4v) is 2.92. The van der Waals surface area contributed by atoms with Crippen molar-refractivity contribution in [1.29, 1.82) is 0 Å². The number of carbonyl (C=O) groups excluding carboxylic acids is 1. The first-order chi connectivity index (χ1) is 8.98. The van der Waals surface area contributed by atoms with E-state index in [4.69, 9.17) is 5.73 Å². The van der Waals surface area contributed by atoms with Gasteiger partial charge in [0.15, 0.2) is 0 Å². The number of hydrogen-bond donors (Lipinski definition) is 3. The molecule has 112 valence electrons. The maximum absolute atomic E-state index is 11.8. The quantitative estimate of drug-likeness (QED) is 0.628. The summed E-state index contributed by atoms with van der Waals surface area (Å²) in [5.74, 6) is 0.980. The summed E-state index contributed by atoms with van der Waals surface area (Å²) in [4.78, 5) is 11.8. The summed E-state index contributed by atoms with van der Waals surface area (Å²) in [5, 5.41) is 12.3. The van der Waals surface area contributed by atoms with Crippen LogP contribution >= 0.6 is 0 Å². The molecule has 0 aromatic heterocycles. The van der Waals surface area contributed by atoms with Gasteiger partial charge in [0.1, 0.15) is 0 Å². The second-order valence-corrected chi connectivity index (χ2v) is 6.64. The van der Waals surface area contributed by atoms with Crippen LogP contribution in [0.5, 0.6) is 0 Å². The van der Waals surface area contributed by atoms with Crippen molar-refractivity contribution in [2.75, 3.05) is 19.7 Å². The Morgan fingerprint density at radius 2 is 2.00 bits per heavy atom. The van der Waals surface area contributed by atoms with Crippen molar-refractivity contribution in [1.82, 2.24) is 5.32 Å². The van der Waals surface area contributed by atoms with Gasteiger partial charge in [0.05, 0.1) is 0 Å². The van der Waals surface area contributed by atoms with Crippen molar-refractivity contribution in [2.45, 2.75) is 52.4 Å². The molecule has 0 aliphatic heterocycles. The number of carbonyl (C=O) groups is 1. The minimum Gasteiger partial charge on any atom is -0.396 e. The second-order valence-electron chi connectivity index (χ2n) is 6.64. The van der Waals surface area contributed by atoms with Crippen LogP contribution in [0, 0.1) is 17.3 Å². The number of nitrogens with one attached hydrogen (secondary N) is 1. The Morgan fingerprint density at radius 3 is 2.63 bits per heavy atom. The predicted octanol–water partition coefficient (Wildman–Crippen LogP) is 1.67. The van der Waals surface area contributed by atoms with E-state index in [1.807, 2.05) is 0 Å². The molecule has 1 saturated carbocycles. The Labute approximate surface area is 117 Å². The van der Waals surface area contributed by atoms with E-state index in [1.165, 1.54) is 6.42 Å². The summed E-state index contributed by atoms with van der Waals surface area (Å²) in [6.45, 7) is 5.97. The first-order valence-electron chi connectivity index (χ1n) is 7.56. The van der Waals surface area contributed by atoms with Crippen LogP contribution in [0.3, 0.4) is 0 Å². The first kappa shape index (κ1) is 16.4. The van der Waals surface area contributed by atoms with Crippen LogP contribution in [0.25, 0.3) is 0 Å². The van der Waals surface area contributed by atoms with Gasteiger partial charge in [-0.3, -0.25) is 4.79 Å². The monoisotopic (exact) mass is 270 g/mol. The highest BCUT2D eigenvalue weighted by molar-refractivity contribution is 5.75. The highest BCUT2D eigenvalue weighted by atomic mass is 16.3. The van der Waals surface area contributed by atoms with Gasteiger partial charge in [-0.25, -0.2) is 0 Å². The zero-order chi connectivity index (χ0) is 14.3. The molecule has 1 rings (SSSR count). The number of aliphatic hydroxyl groups excluding tert-OH is 1. The molecule has 1 aliphatic carbocycles. The van der Waals surface area contributed by atoms with Crippen LogP contribution in [-0.2, 0) is 4.79 Å². The fourth-order valence-electron chi connectivity index (χ4n) is 2.92. The molecule has 19 heavy (non-hydrogen) atoms. The Hall–Kier alpha value is -0.610. The van der Waals surface area contributed by atoms with Crippen molar-refractivity contribution in [3.63, 3.8) is 0 Å². The van der Waals surface area contributed by atoms with Crippen LogP contribution in [0.2, 0.25) is 0 Å². The lowest BCUT2D eigenvalue weighted by molar-refractivity contribution is -0.121. The summed E-state index contributed by atoms with van der Waals surface area (Å²) in [6.07, 6.45) is 5.81. The molecule has 0 saturated heterocycles. The van der Waals surface area contributed by atoms with E-state index >= 15 is 0 Å². The van der Waals surface area contributed by atoms with Gasteiger partial charge in [-0.1, -0.05) is 20.3 Å². The van der Waals surface area contributed by atoms with Gasteiger partial charge in [0.25, 0.3) is 0 Å². The Kier molecular flexibility index (Phi) is 6.80. The minimum absolute atomic E-state index is 0.133. The lowest BCUT2D eigenvalue weighted by atomic mass is 9.84. The van der Waals surface area contributed by atoms with Crippen molar-refractivity contribution < 1.29 is 9.90 Å². The molecule has 0 aromatic rings. The second kappa shape index (κ2) is 7.85. The smallest absolute Gasteiger partial charge is 0.220 e. The van der Waals surface area contributed by atoms with E-state index in [-0.39, 0.29) is 17.9 Å². The van der Waals surface area contributed by atoms with E-state index < -0.39 is 0 Å².